The molecule has 0 heterocycles. The van der Waals surface area contributed by atoms with Gasteiger partial charge in [-0.2, -0.15) is 0 Å². The number of hydrogen-bond donors (Lipinski definition) is 2. The Kier molecular flexibility index (Phi) is 5.17. The standard InChI is InChI=1S/C13H18N2O3/c1-4-9(2)14-12(16)13(17)15-10-5-7-11(18-3)8-6-10/h5-9H,4H2,1-3H3,(H,14,16)(H,15,17). The van der Waals surface area contributed by atoms with E-state index in [2.05, 4.69) is 10.6 Å². The zero-order chi connectivity index (χ0) is 13.5. The monoisotopic (exact) mass is 250 g/mol. The van der Waals surface area contributed by atoms with Crippen LogP contribution in [-0.2, 0) is 9.59 Å². The number of carbonyl (C=O) groups excluding carboxylic acids is 2. The smallest absolute Gasteiger partial charge is 0.313 e. The maximum atomic E-state index is 11.6. The molecule has 0 bridgehead atoms. The Morgan fingerprint density at radius 3 is 2.33 bits per heavy atom. The molecule has 0 fully saturated rings. The number of benzene rings is 1. The van der Waals surface area contributed by atoms with E-state index in [1.54, 1.807) is 31.4 Å². The van der Waals surface area contributed by atoms with Gasteiger partial charge in [0, 0.05) is 11.7 Å². The molecule has 0 aliphatic rings. The fourth-order valence-electron chi connectivity index (χ4n) is 1.25. The summed E-state index contributed by atoms with van der Waals surface area (Å²) in [6.07, 6.45) is 0.779. The number of methoxy groups -OCH3 is 1. The molecule has 1 rings (SSSR count). The first kappa shape index (κ1) is 14.0. The van der Waals surface area contributed by atoms with E-state index in [1.807, 2.05) is 13.8 Å². The third kappa shape index (κ3) is 4.08. The lowest BCUT2D eigenvalue weighted by atomic mass is 10.2. The van der Waals surface area contributed by atoms with Crippen molar-refractivity contribution in [2.45, 2.75) is 26.3 Å². The van der Waals surface area contributed by atoms with Gasteiger partial charge in [-0.25, -0.2) is 0 Å². The maximum Gasteiger partial charge on any atom is 0.313 e. The summed E-state index contributed by atoms with van der Waals surface area (Å²) in [6.45, 7) is 3.78. The number of carbonyl (C=O) groups is 2. The Labute approximate surface area is 107 Å². The van der Waals surface area contributed by atoms with Crippen LogP contribution in [0.2, 0.25) is 0 Å². The van der Waals surface area contributed by atoms with Gasteiger partial charge in [0.15, 0.2) is 0 Å². The molecular weight excluding hydrogens is 232 g/mol. The first-order chi connectivity index (χ1) is 8.56. The molecule has 1 unspecified atom stereocenters. The largest absolute Gasteiger partial charge is 0.497 e. The van der Waals surface area contributed by atoms with Crippen LogP contribution in [0.1, 0.15) is 20.3 Å². The number of ether oxygens (including phenoxy) is 1. The molecule has 5 nitrogen and oxygen atoms in total. The first-order valence-electron chi connectivity index (χ1n) is 5.82. The third-order valence-corrected chi connectivity index (χ3v) is 2.54. The second kappa shape index (κ2) is 6.64. The van der Waals surface area contributed by atoms with Crippen LogP contribution in [-0.4, -0.2) is 25.0 Å². The summed E-state index contributed by atoms with van der Waals surface area (Å²) in [7, 11) is 1.56. The van der Waals surface area contributed by atoms with E-state index in [9.17, 15) is 9.59 Å². The van der Waals surface area contributed by atoms with Crippen molar-refractivity contribution in [2.75, 3.05) is 12.4 Å². The molecule has 1 atom stereocenters. The van der Waals surface area contributed by atoms with Crippen molar-refractivity contribution in [3.8, 4) is 5.75 Å². The normalized spacial score (nSPS) is 11.5. The van der Waals surface area contributed by atoms with Crippen LogP contribution in [0.25, 0.3) is 0 Å². The Morgan fingerprint density at radius 2 is 1.83 bits per heavy atom. The Hall–Kier alpha value is -2.04. The number of hydrogen-bond acceptors (Lipinski definition) is 3. The molecule has 2 amide bonds. The van der Waals surface area contributed by atoms with Crippen molar-refractivity contribution in [1.29, 1.82) is 0 Å². The summed E-state index contributed by atoms with van der Waals surface area (Å²) < 4.78 is 5.00. The highest BCUT2D eigenvalue weighted by Crippen LogP contribution is 2.14. The second-order valence-electron chi connectivity index (χ2n) is 3.97. The summed E-state index contributed by atoms with van der Waals surface area (Å²) in [5.74, 6) is -0.599. The Balaban J connectivity index is 2.55. The number of anilines is 1. The zero-order valence-corrected chi connectivity index (χ0v) is 10.8. The van der Waals surface area contributed by atoms with Gasteiger partial charge in [0.1, 0.15) is 5.75 Å². The summed E-state index contributed by atoms with van der Waals surface area (Å²) in [6, 6.07) is 6.75. The Bertz CT molecular complexity index is 415. The molecule has 0 saturated carbocycles. The quantitative estimate of drug-likeness (QED) is 0.797. The number of rotatable bonds is 4. The highest BCUT2D eigenvalue weighted by Gasteiger charge is 2.15. The average molecular weight is 250 g/mol. The van der Waals surface area contributed by atoms with Crippen LogP contribution in [0.3, 0.4) is 0 Å². The summed E-state index contributed by atoms with van der Waals surface area (Å²) >= 11 is 0. The van der Waals surface area contributed by atoms with Gasteiger partial charge in [-0.05, 0) is 37.6 Å². The topological polar surface area (TPSA) is 67.4 Å². The van der Waals surface area contributed by atoms with Crippen LogP contribution in [0.15, 0.2) is 24.3 Å². The molecule has 18 heavy (non-hydrogen) atoms. The summed E-state index contributed by atoms with van der Waals surface area (Å²) in [5.41, 5.74) is 0.556. The fourth-order valence-corrected chi connectivity index (χ4v) is 1.25. The SMILES string of the molecule is CCC(C)NC(=O)C(=O)Nc1ccc(OC)cc1. The van der Waals surface area contributed by atoms with E-state index in [1.165, 1.54) is 0 Å². The van der Waals surface area contributed by atoms with E-state index in [0.29, 0.717) is 11.4 Å². The van der Waals surface area contributed by atoms with Gasteiger partial charge in [-0.3, -0.25) is 9.59 Å². The number of amides is 2. The molecule has 0 aliphatic carbocycles. The van der Waals surface area contributed by atoms with Crippen molar-refractivity contribution in [2.24, 2.45) is 0 Å². The molecule has 0 saturated heterocycles. The molecule has 1 aromatic carbocycles. The van der Waals surface area contributed by atoms with Gasteiger partial charge in [0.25, 0.3) is 0 Å². The minimum atomic E-state index is -0.666. The van der Waals surface area contributed by atoms with Crippen molar-refractivity contribution in [3.05, 3.63) is 24.3 Å². The van der Waals surface area contributed by atoms with Crippen molar-refractivity contribution in [1.82, 2.24) is 5.32 Å². The second-order valence-corrected chi connectivity index (χ2v) is 3.97. The van der Waals surface area contributed by atoms with Gasteiger partial charge < -0.3 is 15.4 Å². The lowest BCUT2D eigenvalue weighted by Gasteiger charge is -2.11. The van der Waals surface area contributed by atoms with Crippen molar-refractivity contribution >= 4 is 17.5 Å². The number of nitrogens with one attached hydrogen (secondary N) is 2. The minimum absolute atomic E-state index is 0.0147. The van der Waals surface area contributed by atoms with E-state index < -0.39 is 11.8 Å². The lowest BCUT2D eigenvalue weighted by Crippen LogP contribution is -2.40. The Morgan fingerprint density at radius 1 is 1.22 bits per heavy atom. The van der Waals surface area contributed by atoms with Crippen molar-refractivity contribution < 1.29 is 14.3 Å². The predicted octanol–water partition coefficient (Wildman–Crippen LogP) is 1.55. The molecule has 1 aromatic rings. The molecule has 0 aromatic heterocycles. The van der Waals surface area contributed by atoms with E-state index in [0.717, 1.165) is 6.42 Å². The summed E-state index contributed by atoms with van der Waals surface area (Å²) in [4.78, 5) is 23.1. The maximum absolute atomic E-state index is 11.6. The highest BCUT2D eigenvalue weighted by atomic mass is 16.5. The molecule has 0 aliphatic heterocycles. The van der Waals surface area contributed by atoms with Crippen LogP contribution in [0.4, 0.5) is 5.69 Å². The van der Waals surface area contributed by atoms with E-state index in [4.69, 9.17) is 4.74 Å². The molecule has 5 heteroatoms. The molecule has 0 spiro atoms. The van der Waals surface area contributed by atoms with Crippen molar-refractivity contribution in [3.63, 3.8) is 0 Å². The van der Waals surface area contributed by atoms with Crippen LogP contribution in [0, 0.1) is 0 Å². The first-order valence-corrected chi connectivity index (χ1v) is 5.82. The van der Waals surface area contributed by atoms with Gasteiger partial charge >= 0.3 is 11.8 Å². The highest BCUT2D eigenvalue weighted by molar-refractivity contribution is 6.39. The van der Waals surface area contributed by atoms with Gasteiger partial charge in [-0.1, -0.05) is 6.92 Å². The van der Waals surface area contributed by atoms with Crippen LogP contribution < -0.4 is 15.4 Å². The van der Waals surface area contributed by atoms with E-state index >= 15 is 0 Å². The molecular formula is C13H18N2O3. The van der Waals surface area contributed by atoms with Crippen LogP contribution >= 0.6 is 0 Å². The van der Waals surface area contributed by atoms with E-state index in [-0.39, 0.29) is 6.04 Å². The fraction of sp³-hybridized carbons (Fsp3) is 0.385. The lowest BCUT2D eigenvalue weighted by molar-refractivity contribution is -0.136. The predicted molar refractivity (Wildman–Crippen MR) is 69.5 cm³/mol. The minimum Gasteiger partial charge on any atom is -0.497 e. The zero-order valence-electron chi connectivity index (χ0n) is 10.8. The third-order valence-electron chi connectivity index (χ3n) is 2.54. The van der Waals surface area contributed by atoms with Gasteiger partial charge in [0.2, 0.25) is 0 Å². The molecule has 98 valence electrons. The average Bonchev–Trinajstić information content (AvgIpc) is 2.39. The van der Waals surface area contributed by atoms with Gasteiger partial charge in [-0.15, -0.1) is 0 Å². The van der Waals surface area contributed by atoms with Crippen LogP contribution in [0.5, 0.6) is 5.75 Å². The molecule has 2 N–H and O–H groups in total. The molecule has 0 radical (unpaired) electrons. The van der Waals surface area contributed by atoms with Gasteiger partial charge in [0.05, 0.1) is 7.11 Å². The summed E-state index contributed by atoms with van der Waals surface area (Å²) in [5, 5.41) is 5.11.